The molecule has 3 heterocycles. The van der Waals surface area contributed by atoms with Crippen LogP contribution in [0.4, 0.5) is 4.79 Å². The van der Waals surface area contributed by atoms with Gasteiger partial charge in [0, 0.05) is 23.1 Å². The van der Waals surface area contributed by atoms with Gasteiger partial charge in [0.25, 0.3) is 0 Å². The number of aliphatic hydroxyl groups excluding tert-OH is 1. The van der Waals surface area contributed by atoms with Crippen molar-refractivity contribution in [1.82, 2.24) is 24.9 Å². The standard InChI is InChI=1S/C26H29N5O4/c1-3-34-26(33)30-13-10-21-22-14-17(2)4-9-23(22)29-24(21)25(30)18-5-7-20(8-6-18)35-16-19(32)15-31-27-11-12-28-31/h4-9,11-12,14,19,25,29,32H,3,10,13,15-16H2,1-2H3. The van der Waals surface area contributed by atoms with Gasteiger partial charge in [0.2, 0.25) is 0 Å². The third-order valence-electron chi connectivity index (χ3n) is 6.26. The van der Waals surface area contributed by atoms with Crippen molar-refractivity contribution in [2.24, 2.45) is 0 Å². The lowest BCUT2D eigenvalue weighted by Gasteiger charge is -2.35. The fraction of sp³-hybridized carbons (Fsp3) is 0.346. The van der Waals surface area contributed by atoms with Crippen molar-refractivity contribution >= 4 is 17.0 Å². The van der Waals surface area contributed by atoms with E-state index in [4.69, 9.17) is 9.47 Å². The van der Waals surface area contributed by atoms with Crippen LogP contribution in [-0.4, -0.2) is 61.9 Å². The topological polar surface area (TPSA) is 106 Å². The molecule has 182 valence electrons. The van der Waals surface area contributed by atoms with Crippen molar-refractivity contribution in [3.8, 4) is 5.75 Å². The van der Waals surface area contributed by atoms with Gasteiger partial charge in [-0.05, 0) is 55.7 Å². The lowest BCUT2D eigenvalue weighted by molar-refractivity contribution is 0.0852. The number of H-pyrrole nitrogens is 1. The summed E-state index contributed by atoms with van der Waals surface area (Å²) in [5.41, 5.74) is 5.48. The Labute approximate surface area is 203 Å². The summed E-state index contributed by atoms with van der Waals surface area (Å²) >= 11 is 0. The maximum atomic E-state index is 12.9. The van der Waals surface area contributed by atoms with Crippen molar-refractivity contribution in [2.45, 2.75) is 39.0 Å². The third kappa shape index (κ3) is 4.72. The van der Waals surface area contributed by atoms with E-state index in [1.165, 1.54) is 21.3 Å². The number of rotatable bonds is 7. The van der Waals surface area contributed by atoms with Crippen molar-refractivity contribution in [3.05, 3.63) is 77.2 Å². The second kappa shape index (κ2) is 9.79. The molecule has 0 aliphatic carbocycles. The van der Waals surface area contributed by atoms with Crippen LogP contribution < -0.4 is 4.74 Å². The van der Waals surface area contributed by atoms with Crippen molar-refractivity contribution in [2.75, 3.05) is 19.8 Å². The van der Waals surface area contributed by atoms with Crippen LogP contribution in [0.5, 0.6) is 5.75 Å². The first-order valence-electron chi connectivity index (χ1n) is 11.8. The molecule has 2 aromatic heterocycles. The van der Waals surface area contributed by atoms with Gasteiger partial charge in [0.1, 0.15) is 24.5 Å². The van der Waals surface area contributed by atoms with E-state index in [0.717, 1.165) is 23.2 Å². The van der Waals surface area contributed by atoms with E-state index < -0.39 is 6.10 Å². The SMILES string of the molecule is CCOC(=O)N1CCc2c([nH]c3ccc(C)cc23)C1c1ccc(OCC(O)Cn2nccn2)cc1. The molecule has 2 aromatic carbocycles. The summed E-state index contributed by atoms with van der Waals surface area (Å²) in [6, 6.07) is 13.7. The molecular weight excluding hydrogens is 446 g/mol. The van der Waals surface area contributed by atoms with Crippen LogP contribution in [0.1, 0.15) is 35.3 Å². The molecule has 0 radical (unpaired) electrons. The summed E-state index contributed by atoms with van der Waals surface area (Å²) in [6.45, 7) is 5.17. The Morgan fingerprint density at radius 3 is 2.71 bits per heavy atom. The van der Waals surface area contributed by atoms with E-state index in [1.807, 2.05) is 31.2 Å². The first kappa shape index (κ1) is 22.9. The van der Waals surface area contributed by atoms with E-state index in [-0.39, 0.29) is 25.3 Å². The monoisotopic (exact) mass is 475 g/mol. The number of nitrogens with zero attached hydrogens (tertiary/aromatic N) is 4. The molecule has 4 aromatic rings. The van der Waals surface area contributed by atoms with Gasteiger partial charge in [-0.25, -0.2) is 4.79 Å². The van der Waals surface area contributed by atoms with Crippen LogP contribution in [0.25, 0.3) is 10.9 Å². The highest BCUT2D eigenvalue weighted by molar-refractivity contribution is 5.86. The van der Waals surface area contributed by atoms with Gasteiger partial charge in [-0.1, -0.05) is 23.8 Å². The molecule has 1 aliphatic heterocycles. The molecule has 0 bridgehead atoms. The minimum Gasteiger partial charge on any atom is -0.491 e. The Morgan fingerprint density at radius 1 is 1.20 bits per heavy atom. The largest absolute Gasteiger partial charge is 0.491 e. The number of nitrogens with one attached hydrogen (secondary N) is 1. The van der Waals surface area contributed by atoms with Crippen LogP contribution in [0, 0.1) is 6.92 Å². The van der Waals surface area contributed by atoms with Crippen molar-refractivity contribution in [1.29, 1.82) is 0 Å². The molecule has 0 saturated carbocycles. The number of hydrogen-bond donors (Lipinski definition) is 2. The van der Waals surface area contributed by atoms with Crippen LogP contribution in [-0.2, 0) is 17.7 Å². The Bertz CT molecular complexity index is 1300. The highest BCUT2D eigenvalue weighted by Gasteiger charge is 2.35. The summed E-state index contributed by atoms with van der Waals surface area (Å²) in [7, 11) is 0. The maximum absolute atomic E-state index is 12.9. The van der Waals surface area contributed by atoms with Crippen molar-refractivity contribution < 1.29 is 19.4 Å². The quantitative estimate of drug-likeness (QED) is 0.423. The molecule has 2 atom stereocenters. The summed E-state index contributed by atoms with van der Waals surface area (Å²) < 4.78 is 11.2. The maximum Gasteiger partial charge on any atom is 0.410 e. The molecule has 9 nitrogen and oxygen atoms in total. The highest BCUT2D eigenvalue weighted by atomic mass is 16.6. The molecule has 0 spiro atoms. The average molecular weight is 476 g/mol. The number of aromatic amines is 1. The number of amides is 1. The molecule has 2 unspecified atom stereocenters. The number of aromatic nitrogens is 4. The molecule has 0 fully saturated rings. The predicted octanol–water partition coefficient (Wildman–Crippen LogP) is 3.61. The number of benzene rings is 2. The van der Waals surface area contributed by atoms with Crippen molar-refractivity contribution in [3.63, 3.8) is 0 Å². The second-order valence-corrected chi connectivity index (χ2v) is 8.73. The van der Waals surface area contributed by atoms with E-state index in [1.54, 1.807) is 17.3 Å². The summed E-state index contributed by atoms with van der Waals surface area (Å²) in [5.74, 6) is 0.632. The lowest BCUT2D eigenvalue weighted by atomic mass is 9.92. The highest BCUT2D eigenvalue weighted by Crippen LogP contribution is 2.39. The minimum atomic E-state index is -0.739. The van der Waals surface area contributed by atoms with E-state index in [9.17, 15) is 9.90 Å². The molecule has 5 rings (SSSR count). The van der Waals surface area contributed by atoms with Crippen LogP contribution in [0.3, 0.4) is 0 Å². The Balaban J connectivity index is 1.39. The second-order valence-electron chi connectivity index (χ2n) is 8.73. The Hall–Kier alpha value is -3.85. The lowest BCUT2D eigenvalue weighted by Crippen LogP contribution is -2.40. The van der Waals surface area contributed by atoms with Crippen LogP contribution in [0.15, 0.2) is 54.9 Å². The van der Waals surface area contributed by atoms with E-state index >= 15 is 0 Å². The molecule has 0 saturated heterocycles. The van der Waals surface area contributed by atoms with E-state index in [0.29, 0.717) is 18.9 Å². The fourth-order valence-corrected chi connectivity index (χ4v) is 4.67. The van der Waals surface area contributed by atoms with Gasteiger partial charge in [-0.3, -0.25) is 4.90 Å². The Kier molecular flexibility index (Phi) is 6.41. The number of aliphatic hydroxyl groups is 1. The molecular formula is C26H29N5O4. The number of aryl methyl sites for hydroxylation is 1. The number of hydrogen-bond acceptors (Lipinski definition) is 6. The number of ether oxygens (including phenoxy) is 2. The summed E-state index contributed by atoms with van der Waals surface area (Å²) in [5, 5.41) is 19.4. The molecule has 1 amide bonds. The number of fused-ring (bicyclic) bond motifs is 3. The van der Waals surface area contributed by atoms with Gasteiger partial charge in [-0.2, -0.15) is 15.0 Å². The smallest absolute Gasteiger partial charge is 0.410 e. The molecule has 9 heteroatoms. The van der Waals surface area contributed by atoms with Gasteiger partial charge in [0.15, 0.2) is 0 Å². The van der Waals surface area contributed by atoms with Gasteiger partial charge in [0.05, 0.1) is 25.5 Å². The predicted molar refractivity (Wildman–Crippen MR) is 130 cm³/mol. The zero-order valence-electron chi connectivity index (χ0n) is 19.8. The van der Waals surface area contributed by atoms with Gasteiger partial charge in [-0.15, -0.1) is 0 Å². The fourth-order valence-electron chi connectivity index (χ4n) is 4.67. The Morgan fingerprint density at radius 2 is 1.97 bits per heavy atom. The van der Waals surface area contributed by atoms with E-state index in [2.05, 4.69) is 40.3 Å². The zero-order chi connectivity index (χ0) is 24.4. The molecule has 2 N–H and O–H groups in total. The van der Waals surface area contributed by atoms with Crippen LogP contribution in [0.2, 0.25) is 0 Å². The van der Waals surface area contributed by atoms with Gasteiger partial charge < -0.3 is 19.6 Å². The number of carbonyl (C=O) groups is 1. The summed E-state index contributed by atoms with van der Waals surface area (Å²) in [6.07, 6.45) is 2.83. The van der Waals surface area contributed by atoms with Crippen LogP contribution >= 0.6 is 0 Å². The first-order valence-corrected chi connectivity index (χ1v) is 11.8. The zero-order valence-corrected chi connectivity index (χ0v) is 19.8. The average Bonchev–Trinajstić information content (AvgIpc) is 3.50. The number of carbonyl (C=O) groups excluding carboxylic acids is 1. The molecule has 1 aliphatic rings. The summed E-state index contributed by atoms with van der Waals surface area (Å²) in [4.78, 5) is 19.6. The first-order chi connectivity index (χ1) is 17.0. The normalized spacial score (nSPS) is 16.2. The van der Waals surface area contributed by atoms with Gasteiger partial charge >= 0.3 is 6.09 Å². The third-order valence-corrected chi connectivity index (χ3v) is 6.26. The molecule has 35 heavy (non-hydrogen) atoms. The minimum absolute atomic E-state index is 0.116.